The van der Waals surface area contributed by atoms with E-state index in [4.69, 9.17) is 11.6 Å². The van der Waals surface area contributed by atoms with Crippen LogP contribution in [0.3, 0.4) is 0 Å². The fraction of sp³-hybridized carbons (Fsp3) is 0.471. The first kappa shape index (κ1) is 19.8. The number of amides is 1. The second kappa shape index (κ2) is 8.37. The number of pyridine rings is 1. The number of carbonyl (C=O) groups excluding carboxylic acids is 1. The van der Waals surface area contributed by atoms with E-state index in [1.54, 1.807) is 36.3 Å². The first-order valence-electron chi connectivity index (χ1n) is 8.72. The quantitative estimate of drug-likeness (QED) is 0.645. The van der Waals surface area contributed by atoms with Gasteiger partial charge >= 0.3 is 0 Å². The highest BCUT2D eigenvalue weighted by Gasteiger charge is 2.27. The molecule has 0 N–H and O–H groups in total. The number of nitrogens with zero attached hydrogens (tertiary/aromatic N) is 5. The Labute approximate surface area is 163 Å². The van der Waals surface area contributed by atoms with E-state index in [0.717, 1.165) is 18.4 Å². The number of aryl methyl sites for hydroxylation is 1. The molecule has 27 heavy (non-hydrogen) atoms. The molecule has 2 aromatic rings. The van der Waals surface area contributed by atoms with Crippen LogP contribution in [0.25, 0.3) is 0 Å². The predicted octanol–water partition coefficient (Wildman–Crippen LogP) is 1.54. The third kappa shape index (κ3) is 4.85. The molecule has 0 bridgehead atoms. The molecule has 0 radical (unpaired) electrons. The highest BCUT2D eigenvalue weighted by Crippen LogP contribution is 2.18. The predicted molar refractivity (Wildman–Crippen MR) is 102 cm³/mol. The van der Waals surface area contributed by atoms with E-state index in [0.29, 0.717) is 13.1 Å². The summed E-state index contributed by atoms with van der Waals surface area (Å²) < 4.78 is 28.2. The van der Waals surface area contributed by atoms with Gasteiger partial charge in [0, 0.05) is 51.2 Å². The monoisotopic (exact) mass is 411 g/mol. The highest BCUT2D eigenvalue weighted by molar-refractivity contribution is 7.89. The molecule has 1 fully saturated rings. The molecule has 1 saturated heterocycles. The van der Waals surface area contributed by atoms with Crippen molar-refractivity contribution < 1.29 is 13.2 Å². The van der Waals surface area contributed by atoms with Gasteiger partial charge in [-0.05, 0) is 25.0 Å². The second-order valence-corrected chi connectivity index (χ2v) is 8.96. The molecular formula is C17H22ClN5O3S. The van der Waals surface area contributed by atoms with Crippen molar-refractivity contribution in [3.63, 3.8) is 0 Å². The number of rotatable bonds is 7. The van der Waals surface area contributed by atoms with Crippen LogP contribution in [-0.4, -0.2) is 63.7 Å². The molecule has 0 atom stereocenters. The molecule has 3 rings (SSSR count). The number of halogens is 1. The summed E-state index contributed by atoms with van der Waals surface area (Å²) in [4.78, 5) is 18.4. The van der Waals surface area contributed by atoms with Crippen LogP contribution in [0.15, 0.2) is 30.7 Å². The fourth-order valence-electron chi connectivity index (χ4n) is 3.06. The van der Waals surface area contributed by atoms with Gasteiger partial charge < -0.3 is 4.90 Å². The largest absolute Gasteiger partial charge is 0.333 e. The molecule has 3 heterocycles. The van der Waals surface area contributed by atoms with E-state index in [9.17, 15) is 13.2 Å². The summed E-state index contributed by atoms with van der Waals surface area (Å²) in [5.74, 6) is -0.481. The minimum absolute atomic E-state index is 0.0672. The summed E-state index contributed by atoms with van der Waals surface area (Å²) in [6.07, 6.45) is 6.70. The molecule has 0 spiro atoms. The second-order valence-electron chi connectivity index (χ2n) is 6.51. The Kier molecular flexibility index (Phi) is 6.13. The lowest BCUT2D eigenvalue weighted by molar-refractivity contribution is 0.0753. The maximum Gasteiger partial charge on any atom is 0.257 e. The molecule has 0 saturated carbocycles. The third-order valence-corrected chi connectivity index (χ3v) is 6.64. The van der Waals surface area contributed by atoms with Crippen LogP contribution < -0.4 is 0 Å². The Bertz CT molecular complexity index is 909. The van der Waals surface area contributed by atoms with Gasteiger partial charge in [0.25, 0.3) is 5.91 Å². The minimum Gasteiger partial charge on any atom is -0.333 e. The van der Waals surface area contributed by atoms with Gasteiger partial charge in [0.05, 0.1) is 17.5 Å². The molecule has 1 amide bonds. The summed E-state index contributed by atoms with van der Waals surface area (Å²) in [7, 11) is -1.61. The number of aromatic nitrogens is 3. The highest BCUT2D eigenvalue weighted by atomic mass is 35.5. The molecule has 2 aromatic heterocycles. The van der Waals surface area contributed by atoms with Gasteiger partial charge in [-0.1, -0.05) is 11.6 Å². The first-order chi connectivity index (χ1) is 12.9. The SMILES string of the molecule is Cn1cc(CN(CCS(=O)(=O)N2CCCC2)C(=O)c2cccnc2Cl)cn1. The van der Waals surface area contributed by atoms with Gasteiger partial charge in [0.15, 0.2) is 0 Å². The molecule has 146 valence electrons. The van der Waals surface area contributed by atoms with E-state index < -0.39 is 10.0 Å². The van der Waals surface area contributed by atoms with Crippen molar-refractivity contribution in [1.29, 1.82) is 0 Å². The minimum atomic E-state index is -3.40. The van der Waals surface area contributed by atoms with Crippen molar-refractivity contribution in [3.05, 3.63) is 47.0 Å². The summed E-state index contributed by atoms with van der Waals surface area (Å²) in [6.45, 7) is 1.41. The lowest BCUT2D eigenvalue weighted by Crippen LogP contribution is -2.39. The summed E-state index contributed by atoms with van der Waals surface area (Å²) in [5.41, 5.74) is 1.06. The van der Waals surface area contributed by atoms with Gasteiger partial charge in [-0.25, -0.2) is 17.7 Å². The van der Waals surface area contributed by atoms with Gasteiger partial charge in [-0.2, -0.15) is 5.10 Å². The third-order valence-electron chi connectivity index (χ3n) is 4.49. The first-order valence-corrected chi connectivity index (χ1v) is 10.7. The van der Waals surface area contributed by atoms with Crippen molar-refractivity contribution in [3.8, 4) is 0 Å². The Morgan fingerprint density at radius 1 is 1.33 bits per heavy atom. The van der Waals surface area contributed by atoms with E-state index in [1.807, 2.05) is 0 Å². The number of carbonyl (C=O) groups is 1. The van der Waals surface area contributed by atoms with Gasteiger partial charge in [-0.15, -0.1) is 0 Å². The average molecular weight is 412 g/mol. The average Bonchev–Trinajstić information content (AvgIpc) is 3.31. The summed E-state index contributed by atoms with van der Waals surface area (Å²) in [6, 6.07) is 3.21. The molecule has 1 aliphatic heterocycles. The zero-order valence-corrected chi connectivity index (χ0v) is 16.7. The zero-order chi connectivity index (χ0) is 19.4. The van der Waals surface area contributed by atoms with Crippen molar-refractivity contribution in [2.45, 2.75) is 19.4 Å². The number of hydrogen-bond acceptors (Lipinski definition) is 5. The van der Waals surface area contributed by atoms with Crippen molar-refractivity contribution in [1.82, 2.24) is 24.0 Å². The van der Waals surface area contributed by atoms with Crippen LogP contribution in [0.1, 0.15) is 28.8 Å². The molecule has 0 unspecified atom stereocenters. The maximum atomic E-state index is 13.0. The Balaban J connectivity index is 1.79. The molecule has 10 heteroatoms. The van der Waals surface area contributed by atoms with Crippen molar-refractivity contribution in [2.24, 2.45) is 7.05 Å². The van der Waals surface area contributed by atoms with Crippen LogP contribution in [0.2, 0.25) is 5.15 Å². The Morgan fingerprint density at radius 3 is 2.70 bits per heavy atom. The normalized spacial score (nSPS) is 15.2. The zero-order valence-electron chi connectivity index (χ0n) is 15.1. The number of sulfonamides is 1. The van der Waals surface area contributed by atoms with Crippen LogP contribution in [-0.2, 0) is 23.6 Å². The van der Waals surface area contributed by atoms with Gasteiger partial charge in [0.2, 0.25) is 10.0 Å². The lowest BCUT2D eigenvalue weighted by Gasteiger charge is -2.24. The lowest BCUT2D eigenvalue weighted by atomic mass is 10.2. The Morgan fingerprint density at radius 2 is 2.07 bits per heavy atom. The van der Waals surface area contributed by atoms with E-state index in [1.165, 1.54) is 15.4 Å². The summed E-state index contributed by atoms with van der Waals surface area (Å²) >= 11 is 6.06. The Hall–Kier alpha value is -1.97. The van der Waals surface area contributed by atoms with Crippen LogP contribution in [0, 0.1) is 0 Å². The summed E-state index contributed by atoms with van der Waals surface area (Å²) in [5, 5.41) is 4.20. The maximum absolute atomic E-state index is 13.0. The molecular weight excluding hydrogens is 390 g/mol. The van der Waals surface area contributed by atoms with Crippen LogP contribution in [0.4, 0.5) is 0 Å². The molecule has 0 aromatic carbocycles. The van der Waals surface area contributed by atoms with E-state index >= 15 is 0 Å². The van der Waals surface area contributed by atoms with Crippen molar-refractivity contribution in [2.75, 3.05) is 25.4 Å². The molecule has 8 nitrogen and oxygen atoms in total. The molecule has 0 aliphatic carbocycles. The fourth-order valence-corrected chi connectivity index (χ4v) is 4.79. The van der Waals surface area contributed by atoms with Gasteiger partial charge in [0.1, 0.15) is 5.15 Å². The molecule has 1 aliphatic rings. The van der Waals surface area contributed by atoms with E-state index in [-0.39, 0.29) is 35.5 Å². The topological polar surface area (TPSA) is 88.4 Å². The van der Waals surface area contributed by atoms with Crippen LogP contribution >= 0.6 is 11.6 Å². The van der Waals surface area contributed by atoms with Crippen LogP contribution in [0.5, 0.6) is 0 Å². The van der Waals surface area contributed by atoms with E-state index in [2.05, 4.69) is 10.1 Å². The van der Waals surface area contributed by atoms with Gasteiger partial charge in [-0.3, -0.25) is 9.48 Å². The standard InChI is InChI=1S/C17H22ClN5O3S/c1-21-12-14(11-20-21)13-22(17(24)15-5-4-6-19-16(15)18)9-10-27(25,26)23-7-2-3-8-23/h4-6,11-12H,2-3,7-10,13H2,1H3. The smallest absolute Gasteiger partial charge is 0.257 e. The number of hydrogen-bond donors (Lipinski definition) is 0. The van der Waals surface area contributed by atoms with Crippen molar-refractivity contribution >= 4 is 27.5 Å².